The monoisotopic (exact) mass is 298 g/mol. The Morgan fingerprint density at radius 2 is 2.24 bits per heavy atom. The fourth-order valence-electron chi connectivity index (χ4n) is 2.42. The molecule has 1 saturated carbocycles. The molecule has 0 bridgehead atoms. The standard InChI is InChI=1S/C13H19BrN2O/c1-9-6-13(15-7-11(9)14)16-12-5-3-2-4-10(12)8-17/h6-7,10,12,17H,2-5,8H2,1H3,(H,15,16). The molecule has 2 unspecified atom stereocenters. The third-order valence-corrected chi connectivity index (χ3v) is 4.35. The largest absolute Gasteiger partial charge is 0.396 e. The van der Waals surface area contributed by atoms with Crippen LogP contribution in [0.3, 0.4) is 0 Å². The second kappa shape index (κ2) is 5.83. The van der Waals surface area contributed by atoms with E-state index in [0.717, 1.165) is 23.1 Å². The maximum Gasteiger partial charge on any atom is 0.126 e. The highest BCUT2D eigenvalue weighted by atomic mass is 79.9. The van der Waals surface area contributed by atoms with Gasteiger partial charge >= 0.3 is 0 Å². The molecule has 1 fully saturated rings. The molecule has 2 atom stereocenters. The zero-order valence-electron chi connectivity index (χ0n) is 10.1. The number of pyridine rings is 1. The van der Waals surface area contributed by atoms with E-state index in [1.54, 1.807) is 0 Å². The molecule has 1 heterocycles. The lowest BCUT2D eigenvalue weighted by Gasteiger charge is -2.31. The lowest BCUT2D eigenvalue weighted by molar-refractivity contribution is 0.178. The molecule has 0 radical (unpaired) electrons. The first-order chi connectivity index (χ1) is 8.20. The van der Waals surface area contributed by atoms with Gasteiger partial charge in [-0.1, -0.05) is 12.8 Å². The van der Waals surface area contributed by atoms with Crippen LogP contribution in [0.25, 0.3) is 0 Å². The maximum absolute atomic E-state index is 9.37. The van der Waals surface area contributed by atoms with Gasteiger partial charge in [-0.3, -0.25) is 0 Å². The van der Waals surface area contributed by atoms with E-state index >= 15 is 0 Å². The molecular weight excluding hydrogens is 280 g/mol. The van der Waals surface area contributed by atoms with E-state index in [9.17, 15) is 5.11 Å². The molecule has 3 nitrogen and oxygen atoms in total. The summed E-state index contributed by atoms with van der Waals surface area (Å²) in [4.78, 5) is 4.36. The Kier molecular flexibility index (Phi) is 4.40. The molecule has 1 aromatic heterocycles. The third-order valence-electron chi connectivity index (χ3n) is 3.52. The minimum Gasteiger partial charge on any atom is -0.396 e. The van der Waals surface area contributed by atoms with Gasteiger partial charge in [0.25, 0.3) is 0 Å². The summed E-state index contributed by atoms with van der Waals surface area (Å²) in [5.41, 5.74) is 1.18. The van der Waals surface area contributed by atoms with Crippen molar-refractivity contribution in [2.75, 3.05) is 11.9 Å². The van der Waals surface area contributed by atoms with Gasteiger partial charge in [0.1, 0.15) is 5.82 Å². The van der Waals surface area contributed by atoms with Crippen molar-refractivity contribution >= 4 is 21.7 Å². The fourth-order valence-corrected chi connectivity index (χ4v) is 2.64. The summed E-state index contributed by atoms with van der Waals surface area (Å²) in [6.45, 7) is 2.33. The van der Waals surface area contributed by atoms with E-state index in [-0.39, 0.29) is 6.61 Å². The molecular formula is C13H19BrN2O. The number of rotatable bonds is 3. The Morgan fingerprint density at radius 3 is 2.94 bits per heavy atom. The molecule has 0 aromatic carbocycles. The zero-order chi connectivity index (χ0) is 12.3. The minimum atomic E-state index is 0.271. The fraction of sp³-hybridized carbons (Fsp3) is 0.615. The van der Waals surface area contributed by atoms with Gasteiger partial charge in [-0.05, 0) is 47.3 Å². The average Bonchev–Trinajstić information content (AvgIpc) is 2.34. The smallest absolute Gasteiger partial charge is 0.126 e. The van der Waals surface area contributed by atoms with Crippen LogP contribution < -0.4 is 5.32 Å². The van der Waals surface area contributed by atoms with Gasteiger partial charge in [-0.15, -0.1) is 0 Å². The molecule has 1 aliphatic rings. The molecule has 94 valence electrons. The van der Waals surface area contributed by atoms with Crippen molar-refractivity contribution in [2.24, 2.45) is 5.92 Å². The number of aliphatic hydroxyl groups is 1. The van der Waals surface area contributed by atoms with Crippen LogP contribution in [-0.4, -0.2) is 22.7 Å². The van der Waals surface area contributed by atoms with E-state index in [4.69, 9.17) is 0 Å². The van der Waals surface area contributed by atoms with Gasteiger partial charge in [0.05, 0.1) is 0 Å². The molecule has 1 aromatic rings. The summed E-state index contributed by atoms with van der Waals surface area (Å²) in [5.74, 6) is 1.28. The Hall–Kier alpha value is -0.610. The van der Waals surface area contributed by atoms with E-state index in [2.05, 4.69) is 33.2 Å². The summed E-state index contributed by atoms with van der Waals surface area (Å²) in [5, 5.41) is 12.8. The van der Waals surface area contributed by atoms with Crippen LogP contribution in [0.5, 0.6) is 0 Å². The van der Waals surface area contributed by atoms with Gasteiger partial charge < -0.3 is 10.4 Å². The molecule has 17 heavy (non-hydrogen) atoms. The predicted molar refractivity (Wildman–Crippen MR) is 73.1 cm³/mol. The number of anilines is 1. The lowest BCUT2D eigenvalue weighted by Crippen LogP contribution is -2.34. The number of nitrogens with zero attached hydrogens (tertiary/aromatic N) is 1. The number of aryl methyl sites for hydroxylation is 1. The van der Waals surface area contributed by atoms with E-state index < -0.39 is 0 Å². The highest BCUT2D eigenvalue weighted by Gasteiger charge is 2.24. The number of halogens is 1. The molecule has 0 spiro atoms. The maximum atomic E-state index is 9.37. The number of hydrogen-bond acceptors (Lipinski definition) is 3. The minimum absolute atomic E-state index is 0.271. The molecule has 2 N–H and O–H groups in total. The molecule has 0 saturated heterocycles. The van der Waals surface area contributed by atoms with Gasteiger partial charge in [-0.2, -0.15) is 0 Å². The summed E-state index contributed by atoms with van der Waals surface area (Å²) < 4.78 is 1.03. The highest BCUT2D eigenvalue weighted by molar-refractivity contribution is 9.10. The van der Waals surface area contributed by atoms with Crippen LogP contribution in [-0.2, 0) is 0 Å². The normalized spacial score (nSPS) is 24.6. The highest BCUT2D eigenvalue weighted by Crippen LogP contribution is 2.27. The Bertz CT molecular complexity index is 384. The van der Waals surface area contributed by atoms with Crippen molar-refractivity contribution in [3.8, 4) is 0 Å². The van der Waals surface area contributed by atoms with Crippen molar-refractivity contribution < 1.29 is 5.11 Å². The Balaban J connectivity index is 2.05. The van der Waals surface area contributed by atoms with Gasteiger partial charge in [0.15, 0.2) is 0 Å². The van der Waals surface area contributed by atoms with Crippen molar-refractivity contribution in [3.05, 3.63) is 22.3 Å². The van der Waals surface area contributed by atoms with E-state index in [1.165, 1.54) is 18.4 Å². The van der Waals surface area contributed by atoms with Crippen LogP contribution in [0.15, 0.2) is 16.7 Å². The van der Waals surface area contributed by atoms with Crippen LogP contribution in [0, 0.1) is 12.8 Å². The zero-order valence-corrected chi connectivity index (χ0v) is 11.7. The van der Waals surface area contributed by atoms with Crippen LogP contribution in [0.2, 0.25) is 0 Å². The first-order valence-electron chi connectivity index (χ1n) is 6.20. The predicted octanol–water partition coefficient (Wildman–Crippen LogP) is 3.12. The van der Waals surface area contributed by atoms with Gasteiger partial charge in [-0.25, -0.2) is 4.98 Å². The number of nitrogens with one attached hydrogen (secondary N) is 1. The topological polar surface area (TPSA) is 45.1 Å². The molecule has 2 rings (SSSR count). The lowest BCUT2D eigenvalue weighted by atomic mass is 9.85. The summed E-state index contributed by atoms with van der Waals surface area (Å²) in [6.07, 6.45) is 6.54. The third kappa shape index (κ3) is 3.19. The molecule has 4 heteroatoms. The first-order valence-corrected chi connectivity index (χ1v) is 6.99. The van der Waals surface area contributed by atoms with E-state index in [0.29, 0.717) is 12.0 Å². The average molecular weight is 299 g/mol. The SMILES string of the molecule is Cc1cc(NC2CCCCC2CO)ncc1Br. The second-order valence-electron chi connectivity index (χ2n) is 4.80. The van der Waals surface area contributed by atoms with Gasteiger partial charge in [0.2, 0.25) is 0 Å². The van der Waals surface area contributed by atoms with Crippen molar-refractivity contribution in [2.45, 2.75) is 38.6 Å². The number of hydrogen-bond donors (Lipinski definition) is 2. The second-order valence-corrected chi connectivity index (χ2v) is 5.65. The summed E-state index contributed by atoms with van der Waals surface area (Å²) >= 11 is 3.45. The van der Waals surface area contributed by atoms with Crippen molar-refractivity contribution in [1.82, 2.24) is 4.98 Å². The molecule has 0 amide bonds. The number of aromatic nitrogens is 1. The quantitative estimate of drug-likeness (QED) is 0.901. The summed E-state index contributed by atoms with van der Waals surface area (Å²) in [6, 6.07) is 2.41. The van der Waals surface area contributed by atoms with Crippen LogP contribution in [0.4, 0.5) is 5.82 Å². The molecule has 1 aliphatic carbocycles. The van der Waals surface area contributed by atoms with Crippen LogP contribution >= 0.6 is 15.9 Å². The Morgan fingerprint density at radius 1 is 1.47 bits per heavy atom. The first kappa shape index (κ1) is 12.8. The van der Waals surface area contributed by atoms with E-state index in [1.807, 2.05) is 12.3 Å². The Labute approximate surface area is 111 Å². The van der Waals surface area contributed by atoms with Crippen molar-refractivity contribution in [3.63, 3.8) is 0 Å². The number of aliphatic hydroxyl groups excluding tert-OH is 1. The summed E-state index contributed by atoms with van der Waals surface area (Å²) in [7, 11) is 0. The van der Waals surface area contributed by atoms with Gasteiger partial charge in [0, 0.05) is 29.2 Å². The van der Waals surface area contributed by atoms with Crippen LogP contribution in [0.1, 0.15) is 31.2 Å². The molecule has 0 aliphatic heterocycles. The van der Waals surface area contributed by atoms with Crippen molar-refractivity contribution in [1.29, 1.82) is 0 Å².